The van der Waals surface area contributed by atoms with E-state index in [4.69, 9.17) is 16.3 Å². The maximum absolute atomic E-state index is 14.4. The molecule has 1 amide bonds. The van der Waals surface area contributed by atoms with Crippen molar-refractivity contribution in [3.05, 3.63) is 97.2 Å². The molecule has 180 valence electrons. The average Bonchev–Trinajstić information content (AvgIpc) is 3.14. The van der Waals surface area contributed by atoms with Crippen molar-refractivity contribution in [2.45, 2.75) is 12.5 Å². The van der Waals surface area contributed by atoms with Gasteiger partial charge in [-0.25, -0.2) is 13.8 Å². The maximum atomic E-state index is 14.4. The van der Waals surface area contributed by atoms with Gasteiger partial charge in [0.25, 0.3) is 0 Å². The van der Waals surface area contributed by atoms with Crippen LogP contribution in [0, 0.1) is 9.39 Å². The van der Waals surface area contributed by atoms with Crippen LogP contribution in [0.5, 0.6) is 11.6 Å². The molecule has 3 aromatic carbocycles. The first kappa shape index (κ1) is 24.8. The molecule has 0 radical (unpaired) electrons. The highest BCUT2D eigenvalue weighted by atomic mass is 127. The van der Waals surface area contributed by atoms with Crippen molar-refractivity contribution in [3.63, 3.8) is 0 Å². The number of rotatable bonds is 7. The lowest BCUT2D eigenvalue weighted by Crippen LogP contribution is -2.33. The van der Waals surface area contributed by atoms with Crippen LogP contribution in [0.2, 0.25) is 5.02 Å². The molecule has 10 heteroatoms. The van der Waals surface area contributed by atoms with Crippen LogP contribution >= 0.6 is 34.2 Å². The highest BCUT2D eigenvalue weighted by Crippen LogP contribution is 2.31. The summed E-state index contributed by atoms with van der Waals surface area (Å²) < 4.78 is 21.2. The Morgan fingerprint density at radius 3 is 2.49 bits per heavy atom. The maximum Gasteiger partial charge on any atom is 0.329 e. The number of nitrogens with one attached hydrogen (secondary N) is 2. The van der Waals surface area contributed by atoms with Gasteiger partial charge in [0.1, 0.15) is 23.3 Å². The second-order valence-corrected chi connectivity index (χ2v) is 9.37. The van der Waals surface area contributed by atoms with Crippen molar-refractivity contribution >= 4 is 45.8 Å². The fourth-order valence-electron chi connectivity index (χ4n) is 3.64. The van der Waals surface area contributed by atoms with E-state index in [-0.39, 0.29) is 17.8 Å². The zero-order valence-electron chi connectivity index (χ0n) is 18.4. The van der Waals surface area contributed by atoms with Gasteiger partial charge in [0.05, 0.1) is 12.8 Å². The quantitative estimate of drug-likeness (QED) is 0.246. The summed E-state index contributed by atoms with van der Waals surface area (Å²) in [5, 5.41) is 14.1. The number of carbonyl (C=O) groups excluding carboxylic acids is 1. The average molecular weight is 608 g/mol. The number of H-pyrrole nitrogens is 1. The van der Waals surface area contributed by atoms with Crippen molar-refractivity contribution in [3.8, 4) is 22.9 Å². The number of aromatic hydroxyl groups is 1. The number of imidazole rings is 1. The number of hydrogen-bond donors (Lipinski definition) is 3. The highest BCUT2D eigenvalue weighted by molar-refractivity contribution is 14.1. The SMILES string of the molecule is COc1ccc(-c2[nH]c(=O)n([C@@H](Cc3ccc(Cl)cc3)C(=O)Nc3ccc(I)cc3F)c2O)cc1. The van der Waals surface area contributed by atoms with Crippen LogP contribution in [0.4, 0.5) is 10.1 Å². The van der Waals surface area contributed by atoms with Crippen LogP contribution in [0.15, 0.2) is 71.5 Å². The summed E-state index contributed by atoms with van der Waals surface area (Å²) in [6.45, 7) is 0. The van der Waals surface area contributed by atoms with Crippen molar-refractivity contribution in [1.29, 1.82) is 0 Å². The summed E-state index contributed by atoms with van der Waals surface area (Å²) >= 11 is 7.94. The molecule has 1 heterocycles. The van der Waals surface area contributed by atoms with Crippen LogP contribution in [0.1, 0.15) is 11.6 Å². The molecular weight excluding hydrogens is 588 g/mol. The first-order valence-electron chi connectivity index (χ1n) is 10.4. The molecule has 0 unspecified atom stereocenters. The molecule has 0 spiro atoms. The summed E-state index contributed by atoms with van der Waals surface area (Å²) in [4.78, 5) is 28.9. The van der Waals surface area contributed by atoms with Gasteiger partial charge in [0.2, 0.25) is 11.8 Å². The molecule has 0 fully saturated rings. The molecule has 7 nitrogen and oxygen atoms in total. The van der Waals surface area contributed by atoms with Gasteiger partial charge in [-0.05, 0) is 82.8 Å². The number of ether oxygens (including phenoxy) is 1. The van der Waals surface area contributed by atoms with E-state index in [1.807, 2.05) is 22.6 Å². The van der Waals surface area contributed by atoms with Crippen molar-refractivity contribution in [1.82, 2.24) is 9.55 Å². The number of anilines is 1. The molecule has 0 aliphatic rings. The Balaban J connectivity index is 1.75. The Labute approximate surface area is 218 Å². The summed E-state index contributed by atoms with van der Waals surface area (Å²) in [6.07, 6.45) is 0.0440. The Hall–Kier alpha value is -3.31. The largest absolute Gasteiger partial charge is 0.497 e. The van der Waals surface area contributed by atoms with E-state index in [1.54, 1.807) is 54.6 Å². The number of aromatic nitrogens is 2. The number of aromatic amines is 1. The van der Waals surface area contributed by atoms with Crippen molar-refractivity contribution in [2.75, 3.05) is 12.4 Å². The molecule has 0 aliphatic heterocycles. The molecule has 4 aromatic rings. The lowest BCUT2D eigenvalue weighted by atomic mass is 10.0. The minimum Gasteiger partial charge on any atom is -0.497 e. The fourth-order valence-corrected chi connectivity index (χ4v) is 4.22. The minimum absolute atomic E-state index is 0.0324. The molecule has 0 aliphatic carbocycles. The Kier molecular flexibility index (Phi) is 7.46. The second kappa shape index (κ2) is 10.5. The molecule has 0 saturated heterocycles. The lowest BCUT2D eigenvalue weighted by Gasteiger charge is -2.19. The Morgan fingerprint density at radius 1 is 1.17 bits per heavy atom. The van der Waals surface area contributed by atoms with E-state index in [9.17, 15) is 19.1 Å². The van der Waals surface area contributed by atoms with Crippen LogP contribution in [-0.2, 0) is 11.2 Å². The number of methoxy groups -OCH3 is 1. The lowest BCUT2D eigenvalue weighted by molar-refractivity contribution is -0.119. The van der Waals surface area contributed by atoms with E-state index in [0.29, 0.717) is 25.5 Å². The first-order chi connectivity index (χ1) is 16.8. The summed E-state index contributed by atoms with van der Waals surface area (Å²) in [5.74, 6) is -1.09. The van der Waals surface area contributed by atoms with E-state index in [0.717, 1.165) is 4.57 Å². The van der Waals surface area contributed by atoms with E-state index in [2.05, 4.69) is 10.3 Å². The number of nitrogens with zero attached hydrogens (tertiary/aromatic N) is 1. The third kappa shape index (κ3) is 5.51. The summed E-state index contributed by atoms with van der Waals surface area (Å²) in [5.41, 5.74) is 0.636. The molecule has 4 rings (SSSR count). The zero-order chi connectivity index (χ0) is 25.1. The van der Waals surface area contributed by atoms with Gasteiger partial charge in [-0.15, -0.1) is 0 Å². The number of amides is 1. The smallest absolute Gasteiger partial charge is 0.329 e. The van der Waals surface area contributed by atoms with Crippen molar-refractivity contribution in [2.24, 2.45) is 0 Å². The molecule has 1 aromatic heterocycles. The van der Waals surface area contributed by atoms with Gasteiger partial charge in [-0.1, -0.05) is 23.7 Å². The monoisotopic (exact) mass is 607 g/mol. The molecule has 1 atom stereocenters. The Morgan fingerprint density at radius 2 is 1.86 bits per heavy atom. The normalized spacial score (nSPS) is 11.8. The van der Waals surface area contributed by atoms with E-state index < -0.39 is 29.3 Å². The van der Waals surface area contributed by atoms with Crippen LogP contribution in [-0.4, -0.2) is 27.7 Å². The first-order valence-corrected chi connectivity index (χ1v) is 11.9. The molecule has 0 saturated carbocycles. The third-order valence-electron chi connectivity index (χ3n) is 5.43. The van der Waals surface area contributed by atoms with E-state index in [1.165, 1.54) is 19.2 Å². The molecule has 3 N–H and O–H groups in total. The number of carbonyl (C=O) groups is 1. The molecule has 0 bridgehead atoms. The van der Waals surface area contributed by atoms with Gasteiger partial charge in [0, 0.05) is 20.6 Å². The van der Waals surface area contributed by atoms with Gasteiger partial charge in [-0.2, -0.15) is 0 Å². The van der Waals surface area contributed by atoms with Crippen molar-refractivity contribution < 1.29 is 19.0 Å². The van der Waals surface area contributed by atoms with Gasteiger partial charge < -0.3 is 20.1 Å². The fraction of sp³-hybridized carbons (Fsp3) is 0.120. The van der Waals surface area contributed by atoms with Gasteiger partial charge in [-0.3, -0.25) is 4.79 Å². The predicted molar refractivity (Wildman–Crippen MR) is 141 cm³/mol. The molecule has 35 heavy (non-hydrogen) atoms. The molecular formula is C25H20ClFIN3O4. The topological polar surface area (TPSA) is 96.4 Å². The van der Waals surface area contributed by atoms with Gasteiger partial charge >= 0.3 is 5.69 Å². The summed E-state index contributed by atoms with van der Waals surface area (Å²) in [6, 6.07) is 16.6. The van der Waals surface area contributed by atoms with Gasteiger partial charge in [0.15, 0.2) is 0 Å². The number of halogens is 3. The standard InChI is InChI=1S/C25H20ClFIN3O4/c1-35-18-9-4-15(5-10-18)22-24(33)31(25(34)30-22)21(12-14-2-6-16(26)7-3-14)23(32)29-20-11-8-17(28)13-19(20)27/h2-11,13,21,33H,12H2,1H3,(H,29,32)(H,30,34)/t21-/m0/s1. The summed E-state index contributed by atoms with van der Waals surface area (Å²) in [7, 11) is 1.53. The highest BCUT2D eigenvalue weighted by Gasteiger charge is 2.29. The second-order valence-electron chi connectivity index (χ2n) is 7.69. The zero-order valence-corrected chi connectivity index (χ0v) is 21.3. The third-order valence-corrected chi connectivity index (χ3v) is 6.35. The van der Waals surface area contributed by atoms with Crippen LogP contribution < -0.4 is 15.7 Å². The minimum atomic E-state index is -1.19. The Bertz CT molecular complexity index is 1420. The number of benzene rings is 3. The van der Waals surface area contributed by atoms with Crippen LogP contribution in [0.25, 0.3) is 11.3 Å². The predicted octanol–water partition coefficient (Wildman–Crippen LogP) is 5.38. The number of hydrogen-bond acceptors (Lipinski definition) is 4. The van der Waals surface area contributed by atoms with E-state index >= 15 is 0 Å². The van der Waals surface area contributed by atoms with Crippen LogP contribution in [0.3, 0.4) is 0 Å².